The first-order valence-electron chi connectivity index (χ1n) is 3.30. The molecule has 1 heterocycles. The lowest BCUT2D eigenvalue weighted by atomic mass is 10.4. The number of aromatic nitrogens is 2. The summed E-state index contributed by atoms with van der Waals surface area (Å²) in [6.45, 7) is 4.06. The molecule has 4 heteroatoms. The molecule has 1 aromatic heterocycles. The fourth-order valence-corrected chi connectivity index (χ4v) is 1.22. The van der Waals surface area contributed by atoms with E-state index in [1.165, 1.54) is 0 Å². The summed E-state index contributed by atoms with van der Waals surface area (Å²) in [7, 11) is 0. The van der Waals surface area contributed by atoms with Crippen LogP contribution in [0.3, 0.4) is 0 Å². The summed E-state index contributed by atoms with van der Waals surface area (Å²) in [6.07, 6.45) is 1.77. The maximum absolute atomic E-state index is 8.61. The zero-order valence-electron chi connectivity index (χ0n) is 6.37. The number of nitriles is 1. The van der Waals surface area contributed by atoms with Gasteiger partial charge in [-0.1, -0.05) is 0 Å². The Morgan fingerprint density at radius 3 is 2.64 bits per heavy atom. The molecule has 0 fully saturated rings. The van der Waals surface area contributed by atoms with Crippen LogP contribution in [-0.2, 0) is 0 Å². The van der Waals surface area contributed by atoms with E-state index in [-0.39, 0.29) is 0 Å². The van der Waals surface area contributed by atoms with E-state index in [2.05, 4.69) is 33.8 Å². The molecule has 0 bridgehead atoms. The second kappa shape index (κ2) is 3.22. The molecule has 0 aliphatic carbocycles. The molecule has 0 radical (unpaired) electrons. The van der Waals surface area contributed by atoms with Gasteiger partial charge >= 0.3 is 0 Å². The zero-order valence-corrected chi connectivity index (χ0v) is 8.53. The average Bonchev–Trinajstić information content (AvgIpc) is 2.31. The SMILES string of the molecule is CC(C)n1cc(C#N)c(I)n1. The van der Waals surface area contributed by atoms with Crippen LogP contribution >= 0.6 is 22.6 Å². The van der Waals surface area contributed by atoms with Gasteiger partial charge in [0, 0.05) is 12.2 Å². The molecule has 0 spiro atoms. The highest BCUT2D eigenvalue weighted by Crippen LogP contribution is 2.11. The summed E-state index contributed by atoms with van der Waals surface area (Å²) in [5.74, 6) is 0. The summed E-state index contributed by atoms with van der Waals surface area (Å²) in [6, 6.07) is 2.40. The van der Waals surface area contributed by atoms with Crippen molar-refractivity contribution < 1.29 is 0 Å². The Labute approximate surface area is 79.2 Å². The Kier molecular flexibility index (Phi) is 2.49. The van der Waals surface area contributed by atoms with Crippen LogP contribution in [0.25, 0.3) is 0 Å². The lowest BCUT2D eigenvalue weighted by Crippen LogP contribution is -2.00. The summed E-state index contributed by atoms with van der Waals surface area (Å²) in [5, 5.41) is 12.8. The molecular formula is C7H8IN3. The fraction of sp³-hybridized carbons (Fsp3) is 0.429. The van der Waals surface area contributed by atoms with Gasteiger partial charge in [0.15, 0.2) is 0 Å². The van der Waals surface area contributed by atoms with Crippen molar-refractivity contribution in [1.29, 1.82) is 5.26 Å². The maximum Gasteiger partial charge on any atom is 0.141 e. The van der Waals surface area contributed by atoms with Gasteiger partial charge in [0.2, 0.25) is 0 Å². The van der Waals surface area contributed by atoms with E-state index >= 15 is 0 Å². The quantitative estimate of drug-likeness (QED) is 0.725. The third-order valence-corrected chi connectivity index (χ3v) is 2.13. The van der Waals surface area contributed by atoms with Gasteiger partial charge in [-0.3, -0.25) is 4.68 Å². The van der Waals surface area contributed by atoms with Crippen molar-refractivity contribution in [3.63, 3.8) is 0 Å². The van der Waals surface area contributed by atoms with Crippen LogP contribution < -0.4 is 0 Å². The van der Waals surface area contributed by atoms with Crippen LogP contribution in [0.1, 0.15) is 25.5 Å². The van der Waals surface area contributed by atoms with Crippen LogP contribution in [0.4, 0.5) is 0 Å². The Hall–Kier alpha value is -0.570. The van der Waals surface area contributed by atoms with Gasteiger partial charge in [-0.2, -0.15) is 10.4 Å². The molecular weight excluding hydrogens is 253 g/mol. The van der Waals surface area contributed by atoms with Crippen LogP contribution in [0.2, 0.25) is 0 Å². The van der Waals surface area contributed by atoms with Gasteiger partial charge in [0.1, 0.15) is 15.3 Å². The van der Waals surface area contributed by atoms with Crippen LogP contribution in [0.5, 0.6) is 0 Å². The van der Waals surface area contributed by atoms with E-state index in [0.717, 1.165) is 3.70 Å². The minimum absolute atomic E-state index is 0.325. The van der Waals surface area contributed by atoms with Crippen LogP contribution in [0.15, 0.2) is 6.20 Å². The van der Waals surface area contributed by atoms with Crippen molar-refractivity contribution in [3.8, 4) is 6.07 Å². The summed E-state index contributed by atoms with van der Waals surface area (Å²) in [5.41, 5.74) is 0.652. The largest absolute Gasteiger partial charge is 0.268 e. The van der Waals surface area contributed by atoms with Gasteiger partial charge in [-0.15, -0.1) is 0 Å². The van der Waals surface area contributed by atoms with Gasteiger partial charge in [-0.05, 0) is 36.4 Å². The van der Waals surface area contributed by atoms with Crippen molar-refractivity contribution in [2.24, 2.45) is 0 Å². The molecule has 0 aliphatic rings. The first-order chi connectivity index (χ1) is 5.15. The second-order valence-electron chi connectivity index (χ2n) is 2.52. The molecule has 0 aromatic carbocycles. The van der Waals surface area contributed by atoms with Gasteiger partial charge in [0.05, 0.1) is 0 Å². The molecule has 0 unspecified atom stereocenters. The zero-order chi connectivity index (χ0) is 8.43. The van der Waals surface area contributed by atoms with Gasteiger partial charge < -0.3 is 0 Å². The summed E-state index contributed by atoms with van der Waals surface area (Å²) in [4.78, 5) is 0. The van der Waals surface area contributed by atoms with E-state index < -0.39 is 0 Å². The first kappa shape index (κ1) is 8.53. The number of halogens is 1. The summed E-state index contributed by atoms with van der Waals surface area (Å²) >= 11 is 2.06. The van der Waals surface area contributed by atoms with Crippen molar-refractivity contribution in [1.82, 2.24) is 9.78 Å². The first-order valence-corrected chi connectivity index (χ1v) is 4.37. The smallest absolute Gasteiger partial charge is 0.141 e. The average molecular weight is 261 g/mol. The van der Waals surface area contributed by atoms with Crippen molar-refractivity contribution in [2.45, 2.75) is 19.9 Å². The highest BCUT2D eigenvalue weighted by molar-refractivity contribution is 14.1. The maximum atomic E-state index is 8.61. The number of hydrogen-bond acceptors (Lipinski definition) is 2. The van der Waals surface area contributed by atoms with Crippen molar-refractivity contribution in [3.05, 3.63) is 15.5 Å². The number of nitrogens with zero attached hydrogens (tertiary/aromatic N) is 3. The summed E-state index contributed by atoms with van der Waals surface area (Å²) < 4.78 is 2.57. The Morgan fingerprint density at radius 1 is 1.73 bits per heavy atom. The Bertz CT molecular complexity index is 295. The van der Waals surface area contributed by atoms with E-state index in [0.29, 0.717) is 11.6 Å². The molecule has 0 atom stereocenters. The number of hydrogen-bond donors (Lipinski definition) is 0. The highest BCUT2D eigenvalue weighted by Gasteiger charge is 2.06. The molecule has 1 aromatic rings. The van der Waals surface area contributed by atoms with E-state index in [4.69, 9.17) is 5.26 Å². The monoisotopic (exact) mass is 261 g/mol. The second-order valence-corrected chi connectivity index (χ2v) is 3.54. The standard InChI is InChI=1S/C7H8IN3/c1-5(2)11-4-6(3-9)7(8)10-11/h4-5H,1-2H3. The van der Waals surface area contributed by atoms with Gasteiger partial charge in [-0.25, -0.2) is 0 Å². The molecule has 11 heavy (non-hydrogen) atoms. The minimum atomic E-state index is 0.325. The van der Waals surface area contributed by atoms with Crippen LogP contribution in [-0.4, -0.2) is 9.78 Å². The van der Waals surface area contributed by atoms with E-state index in [1.807, 2.05) is 13.8 Å². The molecule has 58 valence electrons. The lowest BCUT2D eigenvalue weighted by Gasteiger charge is -2.02. The predicted molar refractivity (Wildman–Crippen MR) is 50.0 cm³/mol. The predicted octanol–water partition coefficient (Wildman–Crippen LogP) is 1.94. The third-order valence-electron chi connectivity index (χ3n) is 1.34. The minimum Gasteiger partial charge on any atom is -0.268 e. The fourth-order valence-electron chi connectivity index (χ4n) is 0.709. The van der Waals surface area contributed by atoms with Crippen molar-refractivity contribution in [2.75, 3.05) is 0 Å². The molecule has 1 rings (SSSR count). The lowest BCUT2D eigenvalue weighted by molar-refractivity contribution is 0.529. The van der Waals surface area contributed by atoms with E-state index in [1.54, 1.807) is 10.9 Å². The normalized spacial score (nSPS) is 10.1. The third kappa shape index (κ3) is 1.71. The number of rotatable bonds is 1. The molecule has 0 N–H and O–H groups in total. The highest BCUT2D eigenvalue weighted by atomic mass is 127. The molecule has 0 aliphatic heterocycles. The molecule has 0 saturated carbocycles. The molecule has 3 nitrogen and oxygen atoms in total. The topological polar surface area (TPSA) is 41.6 Å². The van der Waals surface area contributed by atoms with Gasteiger partial charge in [0.25, 0.3) is 0 Å². The van der Waals surface area contributed by atoms with Crippen molar-refractivity contribution >= 4 is 22.6 Å². The molecule has 0 amide bonds. The Balaban J connectivity index is 3.07. The van der Waals surface area contributed by atoms with Crippen LogP contribution in [0, 0.1) is 15.0 Å². The van der Waals surface area contributed by atoms with E-state index in [9.17, 15) is 0 Å². The Morgan fingerprint density at radius 2 is 2.36 bits per heavy atom. The molecule has 0 saturated heterocycles.